The van der Waals surface area contributed by atoms with Crippen LogP contribution in [-0.4, -0.2) is 25.0 Å². The fraction of sp³-hybridized carbons (Fsp3) is 0.412. The molecule has 1 aromatic heterocycles. The van der Waals surface area contributed by atoms with Crippen LogP contribution in [0.3, 0.4) is 0 Å². The summed E-state index contributed by atoms with van der Waals surface area (Å²) in [6.07, 6.45) is 2.62. The Morgan fingerprint density at radius 3 is 2.81 bits per heavy atom. The van der Waals surface area contributed by atoms with E-state index in [2.05, 4.69) is 24.2 Å². The maximum Gasteiger partial charge on any atom is 0.123 e. The van der Waals surface area contributed by atoms with E-state index >= 15 is 0 Å². The van der Waals surface area contributed by atoms with E-state index in [-0.39, 0.29) is 11.9 Å². The Hall–Kier alpha value is -1.65. The fourth-order valence-electron chi connectivity index (χ4n) is 2.45. The molecule has 1 atom stereocenters. The first kappa shape index (κ1) is 15.7. The van der Waals surface area contributed by atoms with Crippen LogP contribution in [0.15, 0.2) is 47.1 Å². The molecule has 1 heterocycles. The lowest BCUT2D eigenvalue weighted by molar-refractivity contribution is 0.277. The molecular weight excluding hydrogens is 267 g/mol. The summed E-state index contributed by atoms with van der Waals surface area (Å²) in [5.74, 6) is 0.780. The van der Waals surface area contributed by atoms with E-state index in [0.29, 0.717) is 0 Å². The topological polar surface area (TPSA) is 28.4 Å². The highest BCUT2D eigenvalue weighted by Gasteiger charge is 2.12. The number of nitrogens with one attached hydrogen (secondary N) is 1. The highest BCUT2D eigenvalue weighted by molar-refractivity contribution is 5.20. The van der Waals surface area contributed by atoms with E-state index in [4.69, 9.17) is 4.42 Å². The first-order chi connectivity index (χ1) is 10.2. The van der Waals surface area contributed by atoms with Crippen LogP contribution in [0.2, 0.25) is 0 Å². The highest BCUT2D eigenvalue weighted by atomic mass is 19.1. The molecule has 0 amide bonds. The van der Waals surface area contributed by atoms with Gasteiger partial charge in [-0.2, -0.15) is 0 Å². The van der Waals surface area contributed by atoms with Gasteiger partial charge >= 0.3 is 0 Å². The van der Waals surface area contributed by atoms with Crippen LogP contribution in [0.1, 0.15) is 30.7 Å². The third-order valence-corrected chi connectivity index (χ3v) is 3.51. The maximum absolute atomic E-state index is 13.4. The van der Waals surface area contributed by atoms with Crippen molar-refractivity contribution < 1.29 is 8.81 Å². The van der Waals surface area contributed by atoms with Crippen LogP contribution < -0.4 is 5.32 Å². The number of nitrogens with zero attached hydrogens (tertiary/aromatic N) is 1. The van der Waals surface area contributed by atoms with Crippen molar-refractivity contribution in [1.29, 1.82) is 0 Å². The van der Waals surface area contributed by atoms with Crippen LogP contribution in [0.4, 0.5) is 4.39 Å². The Balaban J connectivity index is 1.90. The van der Waals surface area contributed by atoms with E-state index < -0.39 is 0 Å². The number of furan rings is 1. The molecule has 21 heavy (non-hydrogen) atoms. The van der Waals surface area contributed by atoms with Gasteiger partial charge in [0.25, 0.3) is 0 Å². The summed E-state index contributed by atoms with van der Waals surface area (Å²) in [6, 6.07) is 10.9. The van der Waals surface area contributed by atoms with Crippen molar-refractivity contribution in [2.75, 3.05) is 20.1 Å². The normalized spacial score (nSPS) is 12.8. The number of rotatable bonds is 8. The summed E-state index contributed by atoms with van der Waals surface area (Å²) in [5.41, 5.74) is 1.00. The molecule has 0 aliphatic carbocycles. The van der Waals surface area contributed by atoms with Gasteiger partial charge in [-0.25, -0.2) is 4.39 Å². The van der Waals surface area contributed by atoms with Gasteiger partial charge in [-0.05, 0) is 49.8 Å². The monoisotopic (exact) mass is 290 g/mol. The third-order valence-electron chi connectivity index (χ3n) is 3.51. The largest absolute Gasteiger partial charge is 0.468 e. The molecule has 0 fully saturated rings. The molecule has 0 radical (unpaired) electrons. The van der Waals surface area contributed by atoms with E-state index in [9.17, 15) is 4.39 Å². The molecule has 3 nitrogen and oxygen atoms in total. The zero-order valence-corrected chi connectivity index (χ0v) is 12.7. The number of hydrogen-bond acceptors (Lipinski definition) is 3. The van der Waals surface area contributed by atoms with Gasteiger partial charge in [0.2, 0.25) is 0 Å². The van der Waals surface area contributed by atoms with Crippen molar-refractivity contribution in [3.8, 4) is 0 Å². The molecule has 0 saturated heterocycles. The molecule has 1 N–H and O–H groups in total. The van der Waals surface area contributed by atoms with Gasteiger partial charge in [-0.15, -0.1) is 0 Å². The Morgan fingerprint density at radius 1 is 1.29 bits per heavy atom. The van der Waals surface area contributed by atoms with Crippen LogP contribution >= 0.6 is 0 Å². The van der Waals surface area contributed by atoms with Gasteiger partial charge in [-0.3, -0.25) is 4.90 Å². The summed E-state index contributed by atoms with van der Waals surface area (Å²) in [5, 5.41) is 3.42. The van der Waals surface area contributed by atoms with Crippen LogP contribution in [0.5, 0.6) is 0 Å². The van der Waals surface area contributed by atoms with Crippen molar-refractivity contribution in [3.05, 3.63) is 59.8 Å². The van der Waals surface area contributed by atoms with Crippen molar-refractivity contribution in [2.24, 2.45) is 0 Å². The first-order valence-corrected chi connectivity index (χ1v) is 7.38. The second-order valence-electron chi connectivity index (χ2n) is 5.27. The van der Waals surface area contributed by atoms with E-state index in [1.807, 2.05) is 18.2 Å². The van der Waals surface area contributed by atoms with Crippen LogP contribution in [-0.2, 0) is 6.54 Å². The molecule has 0 spiro atoms. The van der Waals surface area contributed by atoms with Gasteiger partial charge in [0, 0.05) is 12.6 Å². The predicted molar refractivity (Wildman–Crippen MR) is 82.5 cm³/mol. The smallest absolute Gasteiger partial charge is 0.123 e. The second-order valence-corrected chi connectivity index (χ2v) is 5.27. The van der Waals surface area contributed by atoms with Crippen LogP contribution in [0, 0.1) is 5.82 Å². The third kappa shape index (κ3) is 4.99. The zero-order chi connectivity index (χ0) is 15.1. The zero-order valence-electron chi connectivity index (χ0n) is 12.7. The number of benzene rings is 1. The minimum Gasteiger partial charge on any atom is -0.468 e. The molecule has 1 unspecified atom stereocenters. The summed E-state index contributed by atoms with van der Waals surface area (Å²) in [7, 11) is 2.07. The molecule has 0 saturated carbocycles. The van der Waals surface area contributed by atoms with Crippen molar-refractivity contribution in [2.45, 2.75) is 25.9 Å². The minimum absolute atomic E-state index is 0.171. The van der Waals surface area contributed by atoms with Gasteiger partial charge in [0.1, 0.15) is 11.6 Å². The lowest BCUT2D eigenvalue weighted by Crippen LogP contribution is -2.27. The summed E-state index contributed by atoms with van der Waals surface area (Å²) in [4.78, 5) is 2.21. The summed E-state index contributed by atoms with van der Waals surface area (Å²) >= 11 is 0. The van der Waals surface area contributed by atoms with Gasteiger partial charge in [-0.1, -0.05) is 19.1 Å². The van der Waals surface area contributed by atoms with Gasteiger partial charge in [0.05, 0.1) is 12.8 Å². The van der Waals surface area contributed by atoms with Crippen molar-refractivity contribution in [1.82, 2.24) is 10.2 Å². The Morgan fingerprint density at radius 2 is 2.14 bits per heavy atom. The number of hydrogen-bond donors (Lipinski definition) is 1. The average molecular weight is 290 g/mol. The van der Waals surface area contributed by atoms with Crippen molar-refractivity contribution >= 4 is 0 Å². The second kappa shape index (κ2) is 7.96. The fourth-order valence-corrected chi connectivity index (χ4v) is 2.45. The summed E-state index contributed by atoms with van der Waals surface area (Å²) in [6.45, 7) is 4.63. The molecular formula is C17H23FN2O. The predicted octanol–water partition coefficient (Wildman–Crippen LogP) is 3.59. The first-order valence-electron chi connectivity index (χ1n) is 7.38. The lowest BCUT2D eigenvalue weighted by atomic mass is 10.0. The molecule has 0 aliphatic heterocycles. The molecule has 114 valence electrons. The van der Waals surface area contributed by atoms with Gasteiger partial charge < -0.3 is 9.73 Å². The Bertz CT molecular complexity index is 527. The SMILES string of the molecule is CCNC(CCN(C)Cc1ccco1)c1cccc(F)c1. The van der Waals surface area contributed by atoms with Gasteiger partial charge in [0.15, 0.2) is 0 Å². The lowest BCUT2D eigenvalue weighted by Gasteiger charge is -2.22. The Kier molecular flexibility index (Phi) is 5.96. The van der Waals surface area contributed by atoms with E-state index in [0.717, 1.165) is 37.4 Å². The molecule has 0 aliphatic rings. The molecule has 2 rings (SSSR count). The maximum atomic E-state index is 13.4. The Labute approximate surface area is 125 Å². The molecule has 4 heteroatoms. The number of halogens is 1. The standard InChI is InChI=1S/C17H23FN2O/c1-3-19-17(14-6-4-7-15(18)12-14)9-10-20(2)13-16-8-5-11-21-16/h4-8,11-12,17,19H,3,9-10,13H2,1-2H3. The highest BCUT2D eigenvalue weighted by Crippen LogP contribution is 2.18. The van der Waals surface area contributed by atoms with Crippen LogP contribution in [0.25, 0.3) is 0 Å². The minimum atomic E-state index is -0.181. The van der Waals surface area contributed by atoms with E-state index in [1.54, 1.807) is 18.4 Å². The average Bonchev–Trinajstić information content (AvgIpc) is 2.96. The quantitative estimate of drug-likeness (QED) is 0.805. The molecule has 0 bridgehead atoms. The molecule has 2 aromatic rings. The summed E-state index contributed by atoms with van der Waals surface area (Å²) < 4.78 is 18.7. The van der Waals surface area contributed by atoms with E-state index in [1.165, 1.54) is 6.07 Å². The van der Waals surface area contributed by atoms with Crippen molar-refractivity contribution in [3.63, 3.8) is 0 Å². The molecule has 1 aromatic carbocycles.